The molecule has 0 atom stereocenters. The van der Waals surface area contributed by atoms with E-state index in [2.05, 4.69) is 0 Å². The van der Waals surface area contributed by atoms with Gasteiger partial charge in [-0.25, -0.2) is 8.42 Å². The van der Waals surface area contributed by atoms with E-state index in [1.807, 2.05) is 19.1 Å². The van der Waals surface area contributed by atoms with Crippen LogP contribution in [-0.2, 0) is 14.8 Å². The van der Waals surface area contributed by atoms with Crippen molar-refractivity contribution in [3.63, 3.8) is 0 Å². The molecule has 0 bridgehead atoms. The first-order valence-electron chi connectivity index (χ1n) is 7.38. The molecule has 0 aliphatic rings. The fourth-order valence-electron chi connectivity index (χ4n) is 2.79. The molecule has 8 heteroatoms. The van der Waals surface area contributed by atoms with Gasteiger partial charge in [0.2, 0.25) is 5.91 Å². The summed E-state index contributed by atoms with van der Waals surface area (Å²) in [6.45, 7) is 4.96. The number of nitrogens with two attached hydrogens (primary N) is 1. The van der Waals surface area contributed by atoms with Crippen LogP contribution >= 0.6 is 23.2 Å². The van der Waals surface area contributed by atoms with E-state index >= 15 is 0 Å². The highest BCUT2D eigenvalue weighted by Crippen LogP contribution is 2.34. The van der Waals surface area contributed by atoms with E-state index in [9.17, 15) is 13.2 Å². The highest BCUT2D eigenvalue weighted by Gasteiger charge is 2.30. The van der Waals surface area contributed by atoms with Gasteiger partial charge in [-0.3, -0.25) is 9.10 Å². The predicted octanol–water partition coefficient (Wildman–Crippen LogP) is 3.60. The number of carbonyl (C=O) groups is 1. The molecule has 0 spiro atoms. The lowest BCUT2D eigenvalue weighted by atomic mass is 10.1. The Morgan fingerprint density at radius 1 is 1.08 bits per heavy atom. The first kappa shape index (κ1) is 19.6. The second-order valence-corrected chi connectivity index (χ2v) is 8.47. The van der Waals surface area contributed by atoms with Crippen LogP contribution in [0.4, 0.5) is 5.69 Å². The van der Waals surface area contributed by atoms with Gasteiger partial charge in [0.1, 0.15) is 11.4 Å². The Balaban J connectivity index is 2.74. The molecule has 134 valence electrons. The van der Waals surface area contributed by atoms with Crippen molar-refractivity contribution in [2.45, 2.75) is 25.7 Å². The summed E-state index contributed by atoms with van der Waals surface area (Å²) < 4.78 is 27.4. The highest BCUT2D eigenvalue weighted by molar-refractivity contribution is 7.93. The fraction of sp³-hybridized carbons (Fsp3) is 0.235. The minimum atomic E-state index is -4.14. The van der Waals surface area contributed by atoms with Crippen molar-refractivity contribution in [1.29, 1.82) is 0 Å². The fourth-order valence-corrected chi connectivity index (χ4v) is 5.09. The van der Waals surface area contributed by atoms with Crippen LogP contribution in [-0.4, -0.2) is 20.9 Å². The zero-order chi connectivity index (χ0) is 18.9. The number of aryl methyl sites for hydroxylation is 3. The summed E-state index contributed by atoms with van der Waals surface area (Å²) in [6.07, 6.45) is 0. The number of benzene rings is 2. The standard InChI is InChI=1S/C17H18Cl2N2O3S/c1-10-6-11(2)17(12(3)7-10)21(9-16(20)22)25(23,24)15-8-13(18)4-5-14(15)19/h4-8H,9H2,1-3H3,(H2,20,22). The molecule has 2 N–H and O–H groups in total. The average molecular weight is 401 g/mol. The molecule has 0 aliphatic carbocycles. The molecule has 25 heavy (non-hydrogen) atoms. The van der Waals surface area contributed by atoms with Crippen molar-refractivity contribution in [2.24, 2.45) is 5.73 Å². The molecule has 2 aromatic carbocycles. The van der Waals surface area contributed by atoms with Crippen LogP contribution in [0.3, 0.4) is 0 Å². The van der Waals surface area contributed by atoms with Crippen molar-refractivity contribution in [2.75, 3.05) is 10.8 Å². The second kappa shape index (κ2) is 7.23. The van der Waals surface area contributed by atoms with Crippen molar-refractivity contribution >= 4 is 44.8 Å². The topological polar surface area (TPSA) is 80.5 Å². The van der Waals surface area contributed by atoms with E-state index in [4.69, 9.17) is 28.9 Å². The van der Waals surface area contributed by atoms with Gasteiger partial charge in [0.15, 0.2) is 0 Å². The van der Waals surface area contributed by atoms with Crippen molar-refractivity contribution < 1.29 is 13.2 Å². The van der Waals surface area contributed by atoms with Gasteiger partial charge < -0.3 is 5.73 Å². The van der Waals surface area contributed by atoms with Crippen molar-refractivity contribution in [1.82, 2.24) is 0 Å². The summed E-state index contributed by atoms with van der Waals surface area (Å²) in [7, 11) is -4.14. The zero-order valence-corrected chi connectivity index (χ0v) is 16.3. The van der Waals surface area contributed by atoms with E-state index in [-0.39, 0.29) is 14.9 Å². The van der Waals surface area contributed by atoms with Crippen LogP contribution in [0, 0.1) is 20.8 Å². The Hall–Kier alpha value is -1.76. The Kier molecular flexibility index (Phi) is 5.66. The molecule has 0 heterocycles. The third-order valence-corrected chi connectivity index (χ3v) is 6.11. The molecular weight excluding hydrogens is 383 g/mol. The monoisotopic (exact) mass is 400 g/mol. The lowest BCUT2D eigenvalue weighted by Crippen LogP contribution is -2.39. The molecule has 0 aliphatic heterocycles. The first-order chi connectivity index (χ1) is 11.5. The van der Waals surface area contributed by atoms with E-state index < -0.39 is 22.5 Å². The minimum absolute atomic E-state index is 0.0151. The van der Waals surface area contributed by atoms with Crippen LogP contribution < -0.4 is 10.0 Å². The molecule has 0 radical (unpaired) electrons. The van der Waals surface area contributed by atoms with Gasteiger partial charge in [0.05, 0.1) is 10.7 Å². The van der Waals surface area contributed by atoms with Crippen LogP contribution in [0.15, 0.2) is 35.2 Å². The zero-order valence-electron chi connectivity index (χ0n) is 14.0. The molecule has 2 rings (SSSR count). The van der Waals surface area contributed by atoms with E-state index in [1.54, 1.807) is 13.8 Å². The molecular formula is C17H18Cl2N2O3S. The van der Waals surface area contributed by atoms with E-state index in [0.717, 1.165) is 9.87 Å². The van der Waals surface area contributed by atoms with Crippen LogP contribution in [0.25, 0.3) is 0 Å². The number of halogens is 2. The number of rotatable bonds is 5. The maximum absolute atomic E-state index is 13.2. The lowest BCUT2D eigenvalue weighted by molar-refractivity contribution is -0.116. The Bertz CT molecular complexity index is 920. The molecule has 1 amide bonds. The van der Waals surface area contributed by atoms with Crippen molar-refractivity contribution in [3.05, 3.63) is 57.1 Å². The molecule has 2 aromatic rings. The smallest absolute Gasteiger partial charge is 0.266 e. The summed E-state index contributed by atoms with van der Waals surface area (Å²) in [5.74, 6) is -0.777. The largest absolute Gasteiger partial charge is 0.368 e. The third kappa shape index (κ3) is 4.08. The van der Waals surface area contributed by atoms with Gasteiger partial charge in [0.25, 0.3) is 10.0 Å². The Labute approximate surface area is 157 Å². The summed E-state index contributed by atoms with van der Waals surface area (Å²) in [6, 6.07) is 7.82. The Morgan fingerprint density at radius 3 is 2.16 bits per heavy atom. The van der Waals surface area contributed by atoms with E-state index in [1.165, 1.54) is 18.2 Å². The summed E-state index contributed by atoms with van der Waals surface area (Å²) in [4.78, 5) is 11.4. The van der Waals surface area contributed by atoms with E-state index in [0.29, 0.717) is 16.8 Å². The Morgan fingerprint density at radius 2 is 1.64 bits per heavy atom. The van der Waals surface area contributed by atoms with Crippen LogP contribution in [0.2, 0.25) is 10.0 Å². The molecule has 0 unspecified atom stereocenters. The van der Waals surface area contributed by atoms with Crippen LogP contribution in [0.5, 0.6) is 0 Å². The van der Waals surface area contributed by atoms with Crippen LogP contribution in [0.1, 0.15) is 16.7 Å². The second-order valence-electron chi connectivity index (χ2n) is 5.80. The molecule has 0 aromatic heterocycles. The quantitative estimate of drug-likeness (QED) is 0.831. The predicted molar refractivity (Wildman–Crippen MR) is 101 cm³/mol. The maximum atomic E-state index is 13.2. The van der Waals surface area contributed by atoms with Gasteiger partial charge in [-0.1, -0.05) is 40.9 Å². The van der Waals surface area contributed by atoms with Gasteiger partial charge in [-0.15, -0.1) is 0 Å². The van der Waals surface area contributed by atoms with Crippen molar-refractivity contribution in [3.8, 4) is 0 Å². The molecule has 0 saturated heterocycles. The SMILES string of the molecule is Cc1cc(C)c(N(CC(N)=O)S(=O)(=O)c2cc(Cl)ccc2Cl)c(C)c1. The normalized spacial score (nSPS) is 11.4. The van der Waals surface area contributed by atoms with Gasteiger partial charge >= 0.3 is 0 Å². The molecule has 5 nitrogen and oxygen atoms in total. The summed E-state index contributed by atoms with van der Waals surface area (Å²) >= 11 is 12.0. The average Bonchev–Trinajstić information content (AvgIpc) is 2.47. The molecule has 0 saturated carbocycles. The molecule has 0 fully saturated rings. The third-order valence-electron chi connectivity index (χ3n) is 3.65. The maximum Gasteiger partial charge on any atom is 0.266 e. The number of hydrogen-bond donors (Lipinski definition) is 1. The number of carbonyl (C=O) groups excluding carboxylic acids is 1. The number of primary amides is 1. The minimum Gasteiger partial charge on any atom is -0.368 e. The number of nitrogens with zero attached hydrogens (tertiary/aromatic N) is 1. The summed E-state index contributed by atoms with van der Waals surface area (Å²) in [5, 5.41) is 0.237. The number of anilines is 1. The number of hydrogen-bond acceptors (Lipinski definition) is 3. The van der Waals surface area contributed by atoms with Gasteiger partial charge in [0, 0.05) is 5.02 Å². The summed E-state index contributed by atoms with van der Waals surface area (Å²) in [5.41, 5.74) is 8.10. The van der Waals surface area contributed by atoms with Gasteiger partial charge in [-0.2, -0.15) is 0 Å². The van der Waals surface area contributed by atoms with Gasteiger partial charge in [-0.05, 0) is 50.1 Å². The lowest BCUT2D eigenvalue weighted by Gasteiger charge is -2.27. The number of sulfonamides is 1. The number of amides is 1. The first-order valence-corrected chi connectivity index (χ1v) is 9.57. The highest BCUT2D eigenvalue weighted by atomic mass is 35.5.